The molecular weight excluding hydrogens is 472 g/mol. The number of hydrogen-bond acceptors (Lipinski definition) is 5. The van der Waals surface area contributed by atoms with Gasteiger partial charge in [-0.2, -0.15) is 0 Å². The Morgan fingerprint density at radius 2 is 1.78 bits per heavy atom. The first-order valence-corrected chi connectivity index (χ1v) is 12.7. The second-order valence-electron chi connectivity index (χ2n) is 10.8. The third-order valence-electron chi connectivity index (χ3n) is 6.10. The second kappa shape index (κ2) is 12.6. The molecule has 0 heterocycles. The molecule has 1 aliphatic rings. The molecule has 0 spiro atoms. The highest BCUT2D eigenvalue weighted by atomic mass is 16.6. The van der Waals surface area contributed by atoms with Crippen molar-refractivity contribution in [2.24, 2.45) is 11.7 Å². The quantitative estimate of drug-likeness (QED) is 0.392. The lowest BCUT2D eigenvalue weighted by molar-refractivity contribution is -0.144. The monoisotopic (exact) mass is 512 g/mol. The molecule has 1 aromatic carbocycles. The zero-order valence-electron chi connectivity index (χ0n) is 22.7. The van der Waals surface area contributed by atoms with Crippen molar-refractivity contribution < 1.29 is 23.9 Å². The van der Waals surface area contributed by atoms with E-state index >= 15 is 0 Å². The summed E-state index contributed by atoms with van der Waals surface area (Å²) in [7, 11) is 0. The maximum atomic E-state index is 14.0. The molecule has 4 amide bonds. The van der Waals surface area contributed by atoms with E-state index in [9.17, 15) is 19.2 Å². The van der Waals surface area contributed by atoms with Crippen molar-refractivity contribution in [3.8, 4) is 12.3 Å². The largest absolute Gasteiger partial charge is 0.444 e. The number of nitrogens with zero attached hydrogens (tertiary/aromatic N) is 1. The molecule has 0 aromatic heterocycles. The Balaban J connectivity index is 2.51. The Bertz CT molecular complexity index is 1020. The van der Waals surface area contributed by atoms with Crippen molar-refractivity contribution in [2.75, 3.05) is 0 Å². The molecule has 9 heteroatoms. The number of primary amides is 1. The van der Waals surface area contributed by atoms with E-state index in [1.54, 1.807) is 45.0 Å². The van der Waals surface area contributed by atoms with Gasteiger partial charge in [0.25, 0.3) is 0 Å². The minimum absolute atomic E-state index is 0.111. The van der Waals surface area contributed by atoms with Crippen LogP contribution in [0.1, 0.15) is 84.4 Å². The first kappa shape index (κ1) is 29.7. The van der Waals surface area contributed by atoms with Crippen molar-refractivity contribution in [3.05, 3.63) is 35.4 Å². The lowest BCUT2D eigenvalue weighted by Gasteiger charge is -2.35. The molecule has 37 heavy (non-hydrogen) atoms. The average Bonchev–Trinajstić information content (AvgIpc) is 3.50. The van der Waals surface area contributed by atoms with Crippen LogP contribution in [0, 0.1) is 18.3 Å². The number of nitrogens with one attached hydrogen (secondary N) is 2. The molecule has 1 saturated carbocycles. The predicted octanol–water partition coefficient (Wildman–Crippen LogP) is 3.02. The molecule has 0 saturated heterocycles. The summed E-state index contributed by atoms with van der Waals surface area (Å²) in [6, 6.07) is 4.21. The Morgan fingerprint density at radius 1 is 1.19 bits per heavy atom. The van der Waals surface area contributed by atoms with Crippen molar-refractivity contribution >= 4 is 23.8 Å². The van der Waals surface area contributed by atoms with Crippen LogP contribution in [0.4, 0.5) is 4.79 Å². The van der Waals surface area contributed by atoms with Crippen LogP contribution in [-0.4, -0.2) is 52.4 Å². The Morgan fingerprint density at radius 3 is 2.24 bits per heavy atom. The summed E-state index contributed by atoms with van der Waals surface area (Å²) in [6.07, 6.45) is 6.54. The van der Waals surface area contributed by atoms with Gasteiger partial charge in [-0.15, -0.1) is 6.42 Å². The molecule has 4 N–H and O–H groups in total. The number of ether oxygens (including phenoxy) is 1. The lowest BCUT2D eigenvalue weighted by Crippen LogP contribution is -2.55. The molecule has 0 aliphatic heterocycles. The number of nitrogens with two attached hydrogens (primary N) is 1. The predicted molar refractivity (Wildman–Crippen MR) is 141 cm³/mol. The molecule has 1 fully saturated rings. The van der Waals surface area contributed by atoms with E-state index < -0.39 is 42.0 Å². The maximum Gasteiger partial charge on any atom is 0.408 e. The van der Waals surface area contributed by atoms with Gasteiger partial charge in [-0.3, -0.25) is 14.4 Å². The number of hydrogen-bond donors (Lipinski definition) is 3. The molecule has 5 atom stereocenters. The van der Waals surface area contributed by atoms with Gasteiger partial charge >= 0.3 is 6.09 Å². The molecule has 1 aromatic rings. The van der Waals surface area contributed by atoms with E-state index in [1.165, 1.54) is 4.90 Å². The first-order chi connectivity index (χ1) is 17.3. The van der Waals surface area contributed by atoms with Crippen molar-refractivity contribution in [3.63, 3.8) is 0 Å². The first-order valence-electron chi connectivity index (χ1n) is 12.7. The van der Waals surface area contributed by atoms with Crippen LogP contribution in [0.15, 0.2) is 24.3 Å². The molecule has 2 rings (SSSR count). The van der Waals surface area contributed by atoms with Gasteiger partial charge in [0.05, 0.1) is 6.42 Å². The number of carbonyl (C=O) groups excluding carboxylic acids is 4. The van der Waals surface area contributed by atoms with Crippen molar-refractivity contribution in [1.29, 1.82) is 0 Å². The highest BCUT2D eigenvalue weighted by molar-refractivity contribution is 5.95. The SMILES string of the molecule is C#Cc1ccc(C(C(=O)NC(C)CCC)N(C(=O)C(CC(N)=O)NC(=O)OC(C)(C)C)C2CC2C)cc1. The summed E-state index contributed by atoms with van der Waals surface area (Å²) in [4.78, 5) is 53.6. The number of rotatable bonds is 11. The Kier molecular flexibility index (Phi) is 10.1. The van der Waals surface area contributed by atoms with Crippen LogP contribution in [0.5, 0.6) is 0 Å². The summed E-state index contributed by atoms with van der Waals surface area (Å²) in [6.45, 7) is 11.0. The molecule has 1 aliphatic carbocycles. The average molecular weight is 513 g/mol. The van der Waals surface area contributed by atoms with Gasteiger partial charge < -0.3 is 26.0 Å². The maximum absolute atomic E-state index is 14.0. The van der Waals surface area contributed by atoms with Crippen molar-refractivity contribution in [2.45, 2.75) is 97.0 Å². The summed E-state index contributed by atoms with van der Waals surface area (Å²) in [5.74, 6) is 0.984. The van der Waals surface area contributed by atoms with Gasteiger partial charge in [-0.1, -0.05) is 38.3 Å². The van der Waals surface area contributed by atoms with Crippen LogP contribution < -0.4 is 16.4 Å². The third kappa shape index (κ3) is 8.81. The fourth-order valence-electron chi connectivity index (χ4n) is 4.23. The van der Waals surface area contributed by atoms with E-state index in [1.807, 2.05) is 20.8 Å². The third-order valence-corrected chi connectivity index (χ3v) is 6.10. The number of terminal acetylenes is 1. The molecule has 202 valence electrons. The Hall–Kier alpha value is -3.54. The summed E-state index contributed by atoms with van der Waals surface area (Å²) >= 11 is 0. The fourth-order valence-corrected chi connectivity index (χ4v) is 4.23. The Labute approximate surface area is 219 Å². The molecular formula is C28H40N4O5. The minimum atomic E-state index is -1.30. The van der Waals surface area contributed by atoms with Crippen LogP contribution in [0.2, 0.25) is 0 Å². The van der Waals surface area contributed by atoms with E-state index in [2.05, 4.69) is 16.6 Å². The summed E-state index contributed by atoms with van der Waals surface area (Å²) in [5.41, 5.74) is 5.83. The van der Waals surface area contributed by atoms with Crippen LogP contribution >= 0.6 is 0 Å². The van der Waals surface area contributed by atoms with Gasteiger partial charge in [0.15, 0.2) is 0 Å². The van der Waals surface area contributed by atoms with Gasteiger partial charge in [-0.05, 0) is 64.2 Å². The number of alkyl carbamates (subject to hydrolysis) is 1. The molecule has 5 unspecified atom stereocenters. The summed E-state index contributed by atoms with van der Waals surface area (Å²) < 4.78 is 5.30. The zero-order chi connectivity index (χ0) is 27.9. The van der Waals surface area contributed by atoms with Crippen LogP contribution in [0.25, 0.3) is 0 Å². The number of carbonyl (C=O) groups is 4. The highest BCUT2D eigenvalue weighted by Gasteiger charge is 2.48. The van der Waals surface area contributed by atoms with Crippen LogP contribution in [0.3, 0.4) is 0 Å². The fraction of sp³-hybridized carbons (Fsp3) is 0.571. The van der Waals surface area contributed by atoms with E-state index in [-0.39, 0.29) is 23.9 Å². The zero-order valence-corrected chi connectivity index (χ0v) is 22.7. The van der Waals surface area contributed by atoms with Crippen molar-refractivity contribution in [1.82, 2.24) is 15.5 Å². The van der Waals surface area contributed by atoms with Gasteiger partial charge in [0, 0.05) is 17.6 Å². The van der Waals surface area contributed by atoms with Crippen LogP contribution in [-0.2, 0) is 19.1 Å². The smallest absolute Gasteiger partial charge is 0.408 e. The lowest BCUT2D eigenvalue weighted by atomic mass is 9.99. The van der Waals surface area contributed by atoms with E-state index in [0.717, 1.165) is 12.8 Å². The van der Waals surface area contributed by atoms with E-state index in [0.29, 0.717) is 17.5 Å². The minimum Gasteiger partial charge on any atom is -0.444 e. The molecule has 0 bridgehead atoms. The highest BCUT2D eigenvalue weighted by Crippen LogP contribution is 2.41. The van der Waals surface area contributed by atoms with Gasteiger partial charge in [0.2, 0.25) is 17.7 Å². The van der Waals surface area contributed by atoms with E-state index in [4.69, 9.17) is 16.9 Å². The van der Waals surface area contributed by atoms with Gasteiger partial charge in [0.1, 0.15) is 17.7 Å². The summed E-state index contributed by atoms with van der Waals surface area (Å²) in [5, 5.41) is 5.51. The standard InChI is InChI=1S/C28H40N4O5/c1-8-10-18(4)30-25(34)24(20-13-11-19(9-2)12-14-20)32(22-15-17(22)3)26(35)21(16-23(29)33)31-27(36)37-28(5,6)7/h2,11-14,17-18,21-22,24H,8,10,15-16H2,1,3-7H3,(H2,29,33)(H,30,34)(H,31,36). The normalized spacial score (nSPS) is 18.9. The molecule has 9 nitrogen and oxygen atoms in total. The van der Waals surface area contributed by atoms with Gasteiger partial charge in [-0.25, -0.2) is 4.79 Å². The number of benzene rings is 1. The second-order valence-corrected chi connectivity index (χ2v) is 10.8. The topological polar surface area (TPSA) is 131 Å². The number of amides is 4. The molecule has 0 radical (unpaired) electrons.